The zero-order valence-corrected chi connectivity index (χ0v) is 21.2. The number of fused-ring (bicyclic) bond motifs is 1. The molecule has 0 fully saturated rings. The Hall–Kier alpha value is -2.35. The molecule has 1 aliphatic carbocycles. The molecule has 2 aromatic rings. The molecule has 2 nitrogen and oxygen atoms in total. The van der Waals surface area contributed by atoms with Crippen molar-refractivity contribution < 1.29 is 9.90 Å². The van der Waals surface area contributed by atoms with E-state index in [1.54, 1.807) is 17.7 Å². The fraction of sp³-hybridized carbons (Fsp3) is 0.516. The number of carboxylic acid groups (broad SMARTS) is 1. The van der Waals surface area contributed by atoms with E-state index in [4.69, 9.17) is 0 Å². The van der Waals surface area contributed by atoms with Gasteiger partial charge in [0.2, 0.25) is 0 Å². The summed E-state index contributed by atoms with van der Waals surface area (Å²) in [5.74, 6) is -0.875. The monoisotopic (exact) mass is 446 g/mol. The van der Waals surface area contributed by atoms with Gasteiger partial charge in [-0.3, -0.25) is 0 Å². The Morgan fingerprint density at radius 3 is 2.09 bits per heavy atom. The van der Waals surface area contributed by atoms with Crippen molar-refractivity contribution in [1.82, 2.24) is 0 Å². The quantitative estimate of drug-likeness (QED) is 0.293. The molecule has 0 unspecified atom stereocenters. The molecular formula is C31H42O2. The zero-order valence-electron chi connectivity index (χ0n) is 21.2. The Kier molecular flexibility index (Phi) is 8.95. The smallest absolute Gasteiger partial charge is 0.335 e. The lowest BCUT2D eigenvalue weighted by Crippen LogP contribution is -2.10. The fourth-order valence-electron chi connectivity index (χ4n) is 5.10. The predicted octanol–water partition coefficient (Wildman–Crippen LogP) is 8.64. The van der Waals surface area contributed by atoms with Crippen molar-refractivity contribution in [2.45, 2.75) is 98.3 Å². The minimum atomic E-state index is -0.875. The highest BCUT2D eigenvalue weighted by molar-refractivity contribution is 5.89. The third-order valence-electron chi connectivity index (χ3n) is 7.39. The lowest BCUT2D eigenvalue weighted by molar-refractivity contribution is 0.0697. The average molecular weight is 447 g/mol. The predicted molar refractivity (Wildman–Crippen MR) is 140 cm³/mol. The van der Waals surface area contributed by atoms with Gasteiger partial charge in [0.1, 0.15) is 0 Å². The summed E-state index contributed by atoms with van der Waals surface area (Å²) in [6, 6.07) is 12.3. The van der Waals surface area contributed by atoms with Crippen molar-refractivity contribution in [1.29, 1.82) is 0 Å². The molecule has 33 heavy (non-hydrogen) atoms. The van der Waals surface area contributed by atoms with Crippen LogP contribution in [0.3, 0.4) is 0 Å². The highest BCUT2D eigenvalue weighted by Gasteiger charge is 2.24. The highest BCUT2D eigenvalue weighted by atomic mass is 16.4. The summed E-state index contributed by atoms with van der Waals surface area (Å²) >= 11 is 0. The van der Waals surface area contributed by atoms with Crippen LogP contribution >= 0.6 is 0 Å². The minimum Gasteiger partial charge on any atom is -0.478 e. The van der Waals surface area contributed by atoms with Gasteiger partial charge in [-0.2, -0.15) is 0 Å². The van der Waals surface area contributed by atoms with E-state index < -0.39 is 5.97 Å². The van der Waals surface area contributed by atoms with E-state index in [-0.39, 0.29) is 0 Å². The Balaban J connectivity index is 1.92. The summed E-state index contributed by atoms with van der Waals surface area (Å²) in [5, 5.41) is 9.29. The molecule has 178 valence electrons. The molecule has 0 spiro atoms. The van der Waals surface area contributed by atoms with E-state index >= 15 is 0 Å². The number of unbranched alkanes of at least 4 members (excludes halogenated alkanes) is 5. The number of benzene rings is 2. The van der Waals surface area contributed by atoms with Gasteiger partial charge in [0.05, 0.1) is 5.56 Å². The van der Waals surface area contributed by atoms with Crippen LogP contribution in [0, 0.1) is 5.41 Å². The summed E-state index contributed by atoms with van der Waals surface area (Å²) in [6.45, 7) is 9.17. The first-order valence-electron chi connectivity index (χ1n) is 13.0. The molecule has 0 saturated carbocycles. The topological polar surface area (TPSA) is 37.3 Å². The first-order chi connectivity index (χ1) is 15.8. The maximum absolute atomic E-state index is 11.3. The van der Waals surface area contributed by atoms with Gasteiger partial charge in [0.15, 0.2) is 0 Å². The standard InChI is InChI=1S/C31H42O2/c1-5-7-8-9-10-11-12-27-21-25-17-19-31(3,4)20-18-26(25)22-29(27)28(6-2)23-13-15-24(16-14-23)30(32)33/h6,13-16,21-22H,5,7-12,17-20H2,1-4H3,(H,32,33)/b28-6-. The average Bonchev–Trinajstić information content (AvgIpc) is 2.95. The van der Waals surface area contributed by atoms with Crippen molar-refractivity contribution in [3.8, 4) is 0 Å². The molecule has 3 rings (SSSR count). The van der Waals surface area contributed by atoms with Crippen LogP contribution in [0.5, 0.6) is 0 Å². The van der Waals surface area contributed by atoms with Gasteiger partial charge in [-0.05, 0) is 96.4 Å². The Labute approximate surface area is 201 Å². The van der Waals surface area contributed by atoms with Gasteiger partial charge in [0, 0.05) is 0 Å². The molecule has 1 N–H and O–H groups in total. The first-order valence-corrected chi connectivity index (χ1v) is 13.0. The summed E-state index contributed by atoms with van der Waals surface area (Å²) < 4.78 is 0. The van der Waals surface area contributed by atoms with E-state index in [9.17, 15) is 9.90 Å². The van der Waals surface area contributed by atoms with Crippen molar-refractivity contribution in [3.63, 3.8) is 0 Å². The van der Waals surface area contributed by atoms with Crippen molar-refractivity contribution in [3.05, 3.63) is 75.9 Å². The van der Waals surface area contributed by atoms with E-state index in [2.05, 4.69) is 45.9 Å². The maximum Gasteiger partial charge on any atom is 0.335 e. The lowest BCUT2D eigenvalue weighted by atomic mass is 9.85. The summed E-state index contributed by atoms with van der Waals surface area (Å²) in [4.78, 5) is 11.3. The second kappa shape index (κ2) is 11.7. The Morgan fingerprint density at radius 2 is 1.48 bits per heavy atom. The van der Waals surface area contributed by atoms with Gasteiger partial charge < -0.3 is 5.11 Å². The van der Waals surface area contributed by atoms with Crippen LogP contribution in [0.4, 0.5) is 0 Å². The van der Waals surface area contributed by atoms with Crippen molar-refractivity contribution in [2.24, 2.45) is 5.41 Å². The first kappa shape index (κ1) is 25.3. The van der Waals surface area contributed by atoms with E-state index in [1.807, 2.05) is 12.1 Å². The van der Waals surface area contributed by atoms with Gasteiger partial charge >= 0.3 is 5.97 Å². The number of aromatic carboxylic acids is 1. The van der Waals surface area contributed by atoms with Gasteiger partial charge in [-0.1, -0.05) is 83.2 Å². The minimum absolute atomic E-state index is 0.339. The van der Waals surface area contributed by atoms with Gasteiger partial charge in [-0.25, -0.2) is 4.79 Å². The van der Waals surface area contributed by atoms with Crippen LogP contribution in [-0.2, 0) is 19.3 Å². The molecule has 2 aromatic carbocycles. The SMILES string of the molecule is C/C=C(/c1ccc(C(=O)O)cc1)c1cc2c(cc1CCCCCCCC)CCC(C)(C)CC2. The van der Waals surface area contributed by atoms with Crippen molar-refractivity contribution in [2.75, 3.05) is 0 Å². The number of aryl methyl sites for hydroxylation is 3. The molecule has 0 saturated heterocycles. The molecule has 0 radical (unpaired) electrons. The van der Waals surface area contributed by atoms with Crippen LogP contribution in [0.15, 0.2) is 42.5 Å². The molecule has 0 heterocycles. The van der Waals surface area contributed by atoms with Crippen LogP contribution < -0.4 is 0 Å². The Bertz CT molecular complexity index is 963. The maximum atomic E-state index is 11.3. The molecule has 1 aliphatic rings. The number of allylic oxidation sites excluding steroid dienone is 1. The molecule has 0 aromatic heterocycles. The third-order valence-corrected chi connectivity index (χ3v) is 7.39. The normalized spacial score (nSPS) is 15.7. The van der Waals surface area contributed by atoms with Gasteiger partial charge in [0.25, 0.3) is 0 Å². The number of hydrogen-bond donors (Lipinski definition) is 1. The molecular weight excluding hydrogens is 404 g/mol. The zero-order chi connectivity index (χ0) is 23.8. The van der Waals surface area contributed by atoms with Crippen LogP contribution in [0.2, 0.25) is 0 Å². The number of carbonyl (C=O) groups is 1. The second-order valence-corrected chi connectivity index (χ2v) is 10.5. The van der Waals surface area contributed by atoms with Crippen LogP contribution in [-0.4, -0.2) is 11.1 Å². The second-order valence-electron chi connectivity index (χ2n) is 10.5. The largest absolute Gasteiger partial charge is 0.478 e. The summed E-state index contributed by atoms with van der Waals surface area (Å²) in [7, 11) is 0. The number of rotatable bonds is 10. The fourth-order valence-corrected chi connectivity index (χ4v) is 5.10. The summed E-state index contributed by atoms with van der Waals surface area (Å²) in [5.41, 5.74) is 8.90. The van der Waals surface area contributed by atoms with E-state index in [0.717, 1.165) is 18.4 Å². The third kappa shape index (κ3) is 6.82. The van der Waals surface area contributed by atoms with Crippen LogP contribution in [0.1, 0.15) is 117 Å². The molecule has 0 amide bonds. The summed E-state index contributed by atoms with van der Waals surface area (Å²) in [6.07, 6.45) is 15.9. The number of hydrogen-bond acceptors (Lipinski definition) is 1. The van der Waals surface area contributed by atoms with E-state index in [0.29, 0.717) is 11.0 Å². The van der Waals surface area contributed by atoms with Crippen molar-refractivity contribution >= 4 is 11.5 Å². The van der Waals surface area contributed by atoms with Crippen LogP contribution in [0.25, 0.3) is 5.57 Å². The van der Waals surface area contributed by atoms with Gasteiger partial charge in [-0.15, -0.1) is 0 Å². The number of carboxylic acids is 1. The Morgan fingerprint density at radius 1 is 0.909 bits per heavy atom. The molecule has 2 heteroatoms. The molecule has 0 atom stereocenters. The highest BCUT2D eigenvalue weighted by Crippen LogP contribution is 2.37. The van der Waals surface area contributed by atoms with E-state index in [1.165, 1.54) is 80.1 Å². The molecule has 0 bridgehead atoms. The molecule has 0 aliphatic heterocycles. The lowest BCUT2D eigenvalue weighted by Gasteiger charge is -2.21.